The second kappa shape index (κ2) is 9.49. The van der Waals surface area contributed by atoms with Crippen molar-refractivity contribution in [3.05, 3.63) is 59.5 Å². The fraction of sp³-hybridized carbons (Fsp3) is 0.409. The Bertz CT molecular complexity index is 862. The second-order valence-electron chi connectivity index (χ2n) is 7.43. The number of nitrogens with one attached hydrogen (secondary N) is 3. The van der Waals surface area contributed by atoms with E-state index in [0.29, 0.717) is 31.3 Å². The summed E-state index contributed by atoms with van der Waals surface area (Å²) in [5, 5.41) is 9.17. The maximum absolute atomic E-state index is 13.6. The van der Waals surface area contributed by atoms with Gasteiger partial charge in [-0.2, -0.15) is 0 Å². The Balaban J connectivity index is 1.50. The minimum atomic E-state index is -0.211. The van der Waals surface area contributed by atoms with Crippen molar-refractivity contribution >= 4 is 17.7 Å². The normalized spacial score (nSPS) is 14.9. The molecule has 0 saturated heterocycles. The number of aromatic nitrogens is 1. The van der Waals surface area contributed by atoms with Crippen LogP contribution in [0.3, 0.4) is 0 Å². The van der Waals surface area contributed by atoms with E-state index in [-0.39, 0.29) is 17.1 Å². The van der Waals surface area contributed by atoms with Gasteiger partial charge in [0.1, 0.15) is 11.6 Å². The largest absolute Gasteiger partial charge is 0.357 e. The fourth-order valence-electron chi connectivity index (χ4n) is 3.12. The van der Waals surface area contributed by atoms with Crippen LogP contribution in [0.2, 0.25) is 0 Å². The van der Waals surface area contributed by atoms with Crippen molar-refractivity contribution in [2.45, 2.75) is 38.5 Å². The van der Waals surface area contributed by atoms with Crippen molar-refractivity contribution in [1.82, 2.24) is 15.6 Å². The molecule has 0 unspecified atom stereocenters. The van der Waals surface area contributed by atoms with Crippen LogP contribution in [0.5, 0.6) is 0 Å². The maximum Gasteiger partial charge on any atom is 0.227 e. The van der Waals surface area contributed by atoms with Gasteiger partial charge in [-0.15, -0.1) is 0 Å². The molecular formula is C22H28FN5O. The van der Waals surface area contributed by atoms with E-state index in [1.807, 2.05) is 26.0 Å². The number of hydrogen-bond donors (Lipinski definition) is 3. The number of amides is 1. The number of rotatable bonds is 8. The van der Waals surface area contributed by atoms with Crippen LogP contribution in [0.4, 0.5) is 10.2 Å². The van der Waals surface area contributed by atoms with E-state index in [1.54, 1.807) is 24.4 Å². The van der Waals surface area contributed by atoms with E-state index >= 15 is 0 Å². The van der Waals surface area contributed by atoms with E-state index in [0.717, 1.165) is 30.5 Å². The van der Waals surface area contributed by atoms with Gasteiger partial charge in [0.05, 0.1) is 6.54 Å². The van der Waals surface area contributed by atoms with Gasteiger partial charge in [0, 0.05) is 31.1 Å². The number of hydrogen-bond acceptors (Lipinski definition) is 3. The summed E-state index contributed by atoms with van der Waals surface area (Å²) in [5.41, 5.74) is 1.98. The molecule has 0 radical (unpaired) electrons. The lowest BCUT2D eigenvalue weighted by Gasteiger charge is -2.16. The first-order valence-corrected chi connectivity index (χ1v) is 10.0. The summed E-state index contributed by atoms with van der Waals surface area (Å²) in [7, 11) is 0. The summed E-state index contributed by atoms with van der Waals surface area (Å²) in [6.07, 6.45) is 4.03. The SMILES string of the molecule is CCNC(=NCC1(c2cccc(F)c2)CC1)NCCC(=O)Nc1ccc(C)cn1. The number of nitrogens with zero attached hydrogens (tertiary/aromatic N) is 2. The minimum absolute atomic E-state index is 0.0705. The molecule has 1 fully saturated rings. The summed E-state index contributed by atoms with van der Waals surface area (Å²) >= 11 is 0. The number of guanidine groups is 1. The molecular weight excluding hydrogens is 369 g/mol. The van der Waals surface area contributed by atoms with Crippen molar-refractivity contribution in [1.29, 1.82) is 0 Å². The van der Waals surface area contributed by atoms with Gasteiger partial charge >= 0.3 is 0 Å². The predicted molar refractivity (Wildman–Crippen MR) is 114 cm³/mol. The molecule has 0 aliphatic heterocycles. The topological polar surface area (TPSA) is 78.4 Å². The number of anilines is 1. The van der Waals surface area contributed by atoms with Gasteiger partial charge in [0.15, 0.2) is 5.96 Å². The molecule has 0 atom stereocenters. The number of halogens is 1. The van der Waals surface area contributed by atoms with E-state index in [1.165, 1.54) is 6.07 Å². The molecule has 3 N–H and O–H groups in total. The zero-order chi connectivity index (χ0) is 20.7. The van der Waals surface area contributed by atoms with Crippen LogP contribution in [0, 0.1) is 12.7 Å². The van der Waals surface area contributed by atoms with Crippen LogP contribution in [0.15, 0.2) is 47.6 Å². The van der Waals surface area contributed by atoms with Gasteiger partial charge in [0.2, 0.25) is 5.91 Å². The summed E-state index contributed by atoms with van der Waals surface area (Å²) in [6, 6.07) is 10.5. The van der Waals surface area contributed by atoms with E-state index in [4.69, 9.17) is 0 Å². The molecule has 1 aromatic heterocycles. The highest BCUT2D eigenvalue weighted by Crippen LogP contribution is 2.48. The first kappa shape index (κ1) is 20.8. The van der Waals surface area contributed by atoms with Gasteiger partial charge in [0.25, 0.3) is 0 Å². The predicted octanol–water partition coefficient (Wildman–Crippen LogP) is 3.14. The Kier molecular flexibility index (Phi) is 6.80. The third kappa shape index (κ3) is 6.01. The van der Waals surface area contributed by atoms with Gasteiger partial charge < -0.3 is 16.0 Å². The van der Waals surface area contributed by atoms with Gasteiger partial charge in [-0.25, -0.2) is 9.37 Å². The van der Waals surface area contributed by atoms with E-state index in [2.05, 4.69) is 25.9 Å². The molecule has 3 rings (SSSR count). The molecule has 154 valence electrons. The second-order valence-corrected chi connectivity index (χ2v) is 7.43. The molecule has 1 saturated carbocycles. The van der Waals surface area contributed by atoms with Crippen molar-refractivity contribution in [3.8, 4) is 0 Å². The zero-order valence-electron chi connectivity index (χ0n) is 17.0. The standard InChI is InChI=1S/C22H28FN5O/c1-3-24-21(25-12-9-20(29)28-19-8-7-16(2)14-26-19)27-15-22(10-11-22)17-5-4-6-18(23)13-17/h4-8,13-14H,3,9-12,15H2,1-2H3,(H2,24,25,27)(H,26,28,29). The molecule has 2 aromatic rings. The molecule has 0 bridgehead atoms. The van der Waals surface area contributed by atoms with Crippen LogP contribution >= 0.6 is 0 Å². The number of carbonyl (C=O) groups is 1. The van der Waals surface area contributed by atoms with Crippen molar-refractivity contribution < 1.29 is 9.18 Å². The molecule has 0 spiro atoms. The van der Waals surface area contributed by atoms with E-state index < -0.39 is 0 Å². The molecule has 1 aromatic carbocycles. The highest BCUT2D eigenvalue weighted by molar-refractivity contribution is 5.90. The number of carbonyl (C=O) groups excluding carboxylic acids is 1. The Morgan fingerprint density at radius 3 is 2.72 bits per heavy atom. The van der Waals surface area contributed by atoms with Crippen molar-refractivity contribution in [3.63, 3.8) is 0 Å². The molecule has 1 aliphatic rings. The summed E-state index contributed by atoms with van der Waals surface area (Å²) in [6.45, 7) is 5.71. The number of aryl methyl sites for hydroxylation is 1. The number of benzene rings is 1. The van der Waals surface area contributed by atoms with Crippen molar-refractivity contribution in [2.24, 2.45) is 4.99 Å². The molecule has 7 heteroatoms. The van der Waals surface area contributed by atoms with Gasteiger partial charge in [-0.3, -0.25) is 9.79 Å². The average Bonchev–Trinajstić information content (AvgIpc) is 3.49. The average molecular weight is 397 g/mol. The third-order valence-electron chi connectivity index (χ3n) is 5.00. The van der Waals surface area contributed by atoms with E-state index in [9.17, 15) is 9.18 Å². The van der Waals surface area contributed by atoms with Gasteiger partial charge in [-0.05, 0) is 56.0 Å². The lowest BCUT2D eigenvalue weighted by Crippen LogP contribution is -2.39. The Morgan fingerprint density at radius 1 is 1.24 bits per heavy atom. The lowest BCUT2D eigenvalue weighted by atomic mass is 9.96. The first-order chi connectivity index (χ1) is 14.0. The molecule has 1 aliphatic carbocycles. The summed E-state index contributed by atoms with van der Waals surface area (Å²) in [5.74, 6) is 0.892. The Labute approximate surface area is 171 Å². The zero-order valence-corrected chi connectivity index (χ0v) is 17.0. The number of pyridine rings is 1. The van der Waals surface area contributed by atoms with Crippen LogP contribution in [-0.4, -0.2) is 36.5 Å². The summed E-state index contributed by atoms with van der Waals surface area (Å²) in [4.78, 5) is 20.9. The summed E-state index contributed by atoms with van der Waals surface area (Å²) < 4.78 is 13.6. The highest BCUT2D eigenvalue weighted by Gasteiger charge is 2.44. The quantitative estimate of drug-likeness (QED) is 0.472. The molecule has 1 heterocycles. The Morgan fingerprint density at radius 2 is 2.07 bits per heavy atom. The van der Waals surface area contributed by atoms with Gasteiger partial charge in [-0.1, -0.05) is 18.2 Å². The first-order valence-electron chi connectivity index (χ1n) is 10.0. The molecule has 1 amide bonds. The number of aliphatic imine (C=N–C) groups is 1. The molecule has 29 heavy (non-hydrogen) atoms. The third-order valence-corrected chi connectivity index (χ3v) is 5.00. The van der Waals surface area contributed by atoms with Crippen molar-refractivity contribution in [2.75, 3.05) is 25.0 Å². The highest BCUT2D eigenvalue weighted by atomic mass is 19.1. The maximum atomic E-state index is 13.6. The van der Waals surface area contributed by atoms with Crippen LogP contribution in [0.25, 0.3) is 0 Å². The Hall–Kier alpha value is -2.96. The lowest BCUT2D eigenvalue weighted by molar-refractivity contribution is -0.116. The smallest absolute Gasteiger partial charge is 0.227 e. The van der Waals surface area contributed by atoms with Crippen LogP contribution in [-0.2, 0) is 10.2 Å². The van der Waals surface area contributed by atoms with Crippen LogP contribution < -0.4 is 16.0 Å². The fourth-order valence-corrected chi connectivity index (χ4v) is 3.12. The van der Waals surface area contributed by atoms with Crippen LogP contribution in [0.1, 0.15) is 37.3 Å². The molecule has 6 nitrogen and oxygen atoms in total. The monoisotopic (exact) mass is 397 g/mol. The minimum Gasteiger partial charge on any atom is -0.357 e.